The number of hydrogen-bond acceptors (Lipinski definition) is 5. The maximum Gasteiger partial charge on any atom is 0.265 e. The minimum atomic E-state index is -0.967. The minimum absolute atomic E-state index is 0. The van der Waals surface area contributed by atoms with Crippen molar-refractivity contribution >= 4 is 28.9 Å². The van der Waals surface area contributed by atoms with E-state index in [1.165, 1.54) is 5.01 Å². The number of anilines is 2. The Balaban J connectivity index is 0.00000225. The Morgan fingerprint density at radius 3 is 2.74 bits per heavy atom. The first-order valence-corrected chi connectivity index (χ1v) is 8.37. The Hall–Kier alpha value is -3.74. The molecule has 27 heavy (non-hydrogen) atoms. The van der Waals surface area contributed by atoms with Crippen LogP contribution in [0.15, 0.2) is 76.7 Å². The van der Waals surface area contributed by atoms with Crippen LogP contribution in [0.4, 0.5) is 11.4 Å². The molecule has 4 rings (SSSR count). The largest absolute Gasteiger partial charge is 0.464 e. The van der Waals surface area contributed by atoms with Crippen molar-refractivity contribution in [1.29, 1.82) is 0 Å². The Morgan fingerprint density at radius 2 is 2.00 bits per heavy atom. The molecule has 3 heterocycles. The van der Waals surface area contributed by atoms with Crippen molar-refractivity contribution < 1.29 is 15.4 Å². The van der Waals surface area contributed by atoms with E-state index < -0.39 is 17.7 Å². The summed E-state index contributed by atoms with van der Waals surface area (Å²) < 4.78 is 5.38. The van der Waals surface area contributed by atoms with Crippen LogP contribution >= 0.6 is 0 Å². The van der Waals surface area contributed by atoms with Crippen LogP contribution in [0.3, 0.4) is 0 Å². The van der Waals surface area contributed by atoms with E-state index in [0.29, 0.717) is 22.8 Å². The number of nitrogens with one attached hydrogen (secondary N) is 1. The van der Waals surface area contributed by atoms with Crippen LogP contribution in [0.25, 0.3) is 11.3 Å². The molecule has 0 bridgehead atoms. The van der Waals surface area contributed by atoms with E-state index in [1.807, 2.05) is 18.2 Å². The monoisotopic (exact) mass is 362 g/mol. The van der Waals surface area contributed by atoms with Crippen LogP contribution in [0.1, 0.15) is 8.35 Å². The molecule has 3 aromatic rings. The molecule has 2 aromatic heterocycles. The summed E-state index contributed by atoms with van der Waals surface area (Å²) in [5.74, 6) is -1.08. The van der Waals surface area contributed by atoms with Crippen molar-refractivity contribution in [1.82, 2.24) is 4.98 Å². The first-order valence-electron chi connectivity index (χ1n) is 8.37. The number of furan rings is 1. The highest BCUT2D eigenvalue weighted by molar-refractivity contribution is 6.28. The molecule has 136 valence electrons. The second-order valence-corrected chi connectivity index (χ2v) is 6.08. The van der Waals surface area contributed by atoms with Gasteiger partial charge in [-0.05, 0) is 43.3 Å². The highest BCUT2D eigenvalue weighted by Crippen LogP contribution is 2.26. The molecule has 1 aliphatic heterocycles. The first-order chi connectivity index (χ1) is 13.1. The third-order valence-corrected chi connectivity index (χ3v) is 4.24. The molecule has 2 amide bonds. The third kappa shape index (κ3) is 3.22. The summed E-state index contributed by atoms with van der Waals surface area (Å²) in [5, 5.41) is 8.27. The normalized spacial score (nSPS) is 16.3. The summed E-state index contributed by atoms with van der Waals surface area (Å²) in [6.45, 7) is 1.67. The molecule has 0 saturated heterocycles. The molecule has 1 atom stereocenters. The summed E-state index contributed by atoms with van der Waals surface area (Å²) in [6.07, 6.45) is 4.73. The number of hydrazone groups is 1. The quantitative estimate of drug-likeness (QED) is 0.719. The second-order valence-electron chi connectivity index (χ2n) is 6.08. The number of amides is 2. The fourth-order valence-corrected chi connectivity index (χ4v) is 2.95. The standard InChI is InChI=1S/C20H16N4O3.H2/c1-13-18(20(26)24(23-13)16-7-9-21-10-8-16)19(25)22-15-5-2-4-14(12-15)17-6-3-11-27-17;/h2-12,18H,1H3,(H,22,25);1H. The topological polar surface area (TPSA) is 87.8 Å². The molecule has 0 spiro atoms. The molecule has 1 aromatic carbocycles. The third-order valence-electron chi connectivity index (χ3n) is 4.24. The molecule has 1 unspecified atom stereocenters. The highest BCUT2D eigenvalue weighted by atomic mass is 16.3. The summed E-state index contributed by atoms with van der Waals surface area (Å²) in [5.41, 5.74) is 2.43. The van der Waals surface area contributed by atoms with Gasteiger partial charge in [0.15, 0.2) is 5.92 Å². The zero-order valence-electron chi connectivity index (χ0n) is 14.5. The zero-order valence-corrected chi connectivity index (χ0v) is 14.5. The van der Waals surface area contributed by atoms with Crippen LogP contribution in [-0.2, 0) is 9.59 Å². The fourth-order valence-electron chi connectivity index (χ4n) is 2.95. The van der Waals surface area contributed by atoms with Crippen molar-refractivity contribution in [2.45, 2.75) is 6.92 Å². The molecule has 1 N–H and O–H groups in total. The minimum Gasteiger partial charge on any atom is -0.464 e. The van der Waals surface area contributed by atoms with Crippen LogP contribution in [-0.4, -0.2) is 22.5 Å². The van der Waals surface area contributed by atoms with Crippen LogP contribution in [0.2, 0.25) is 0 Å². The number of aromatic nitrogens is 1. The van der Waals surface area contributed by atoms with E-state index in [0.717, 1.165) is 5.56 Å². The number of hydrogen-bond donors (Lipinski definition) is 1. The molecular formula is C20H18N4O3. The molecule has 0 saturated carbocycles. The average molecular weight is 362 g/mol. The number of nitrogens with zero attached hydrogens (tertiary/aromatic N) is 3. The van der Waals surface area contributed by atoms with Crippen LogP contribution in [0, 0.1) is 5.92 Å². The van der Waals surface area contributed by atoms with Crippen molar-refractivity contribution in [3.63, 3.8) is 0 Å². The van der Waals surface area contributed by atoms with Crippen molar-refractivity contribution in [3.8, 4) is 11.3 Å². The number of carbonyl (C=O) groups is 2. The van der Waals surface area contributed by atoms with Gasteiger partial charge in [-0.25, -0.2) is 0 Å². The van der Waals surface area contributed by atoms with Gasteiger partial charge < -0.3 is 9.73 Å². The molecule has 7 nitrogen and oxygen atoms in total. The fraction of sp³-hybridized carbons (Fsp3) is 0.100. The van der Waals surface area contributed by atoms with Gasteiger partial charge in [0.2, 0.25) is 5.91 Å². The second kappa shape index (κ2) is 6.87. The van der Waals surface area contributed by atoms with Crippen molar-refractivity contribution in [3.05, 3.63) is 67.2 Å². The van der Waals surface area contributed by atoms with Gasteiger partial charge in [0.1, 0.15) is 5.76 Å². The summed E-state index contributed by atoms with van der Waals surface area (Å²) in [6, 6.07) is 14.2. The van der Waals surface area contributed by atoms with Gasteiger partial charge in [-0.15, -0.1) is 0 Å². The smallest absolute Gasteiger partial charge is 0.265 e. The Morgan fingerprint density at radius 1 is 1.19 bits per heavy atom. The van der Waals surface area contributed by atoms with Crippen LogP contribution in [0.5, 0.6) is 0 Å². The number of carbonyl (C=O) groups excluding carboxylic acids is 2. The Labute approximate surface area is 156 Å². The lowest BCUT2D eigenvalue weighted by atomic mass is 10.0. The van der Waals surface area contributed by atoms with Crippen molar-refractivity contribution in [2.24, 2.45) is 11.0 Å². The van der Waals surface area contributed by atoms with Gasteiger partial charge >= 0.3 is 0 Å². The SMILES string of the molecule is CC1=NN(c2ccncc2)C(=O)C1C(=O)Nc1cccc(-c2ccco2)c1.[HH]. The molecule has 7 heteroatoms. The lowest BCUT2D eigenvalue weighted by Gasteiger charge is -2.14. The van der Waals surface area contributed by atoms with Gasteiger partial charge in [-0.1, -0.05) is 12.1 Å². The van der Waals surface area contributed by atoms with Gasteiger partial charge in [0.05, 0.1) is 17.7 Å². The summed E-state index contributed by atoms with van der Waals surface area (Å²) in [4.78, 5) is 29.4. The Kier molecular flexibility index (Phi) is 4.25. The van der Waals surface area contributed by atoms with E-state index in [2.05, 4.69) is 15.4 Å². The first kappa shape index (κ1) is 16.7. The highest BCUT2D eigenvalue weighted by Gasteiger charge is 2.39. The van der Waals surface area contributed by atoms with Crippen molar-refractivity contribution in [2.75, 3.05) is 10.3 Å². The predicted octanol–water partition coefficient (Wildman–Crippen LogP) is 3.57. The molecule has 0 aliphatic carbocycles. The Bertz CT molecular complexity index is 1020. The molecule has 0 radical (unpaired) electrons. The maximum atomic E-state index is 12.7. The summed E-state index contributed by atoms with van der Waals surface area (Å²) >= 11 is 0. The van der Waals surface area contributed by atoms with E-state index in [-0.39, 0.29) is 1.43 Å². The van der Waals surface area contributed by atoms with E-state index in [4.69, 9.17) is 4.42 Å². The van der Waals surface area contributed by atoms with Gasteiger partial charge in [0, 0.05) is 25.1 Å². The average Bonchev–Trinajstić information content (AvgIpc) is 3.31. The van der Waals surface area contributed by atoms with Crippen LogP contribution < -0.4 is 10.3 Å². The predicted molar refractivity (Wildman–Crippen MR) is 103 cm³/mol. The lowest BCUT2D eigenvalue weighted by Crippen LogP contribution is -2.36. The van der Waals surface area contributed by atoms with Gasteiger partial charge in [-0.2, -0.15) is 10.1 Å². The molecule has 0 fully saturated rings. The van der Waals surface area contributed by atoms with Gasteiger partial charge in [0.25, 0.3) is 5.91 Å². The molecular weight excluding hydrogens is 344 g/mol. The number of pyridine rings is 1. The molecule has 1 aliphatic rings. The number of benzene rings is 1. The summed E-state index contributed by atoms with van der Waals surface area (Å²) in [7, 11) is 0. The van der Waals surface area contributed by atoms with E-state index in [1.54, 1.807) is 55.9 Å². The van der Waals surface area contributed by atoms with E-state index in [9.17, 15) is 9.59 Å². The van der Waals surface area contributed by atoms with E-state index >= 15 is 0 Å². The lowest BCUT2D eigenvalue weighted by molar-refractivity contribution is -0.127. The van der Waals surface area contributed by atoms with Gasteiger partial charge in [-0.3, -0.25) is 14.6 Å². The maximum absolute atomic E-state index is 12.7. The zero-order chi connectivity index (χ0) is 18.8. The number of rotatable bonds is 4.